The molecule has 2 amide bonds. The molecule has 1 aliphatic heterocycles. The van der Waals surface area contributed by atoms with E-state index in [9.17, 15) is 14.4 Å². The SMILES string of the molecule is C[C@@H](NC(=O)COC(=O)c1ccccc1C(=O)N1CCN(c2ccccc2)CC1)C12CC3CC(CC(C3)C1)C2. The Morgan fingerprint density at radius 1 is 0.846 bits per heavy atom. The fourth-order valence-electron chi connectivity index (χ4n) is 8.18. The van der Waals surface area contributed by atoms with Crippen LogP contribution in [0.1, 0.15) is 66.2 Å². The van der Waals surface area contributed by atoms with Crippen LogP contribution in [0.15, 0.2) is 54.6 Å². The monoisotopic (exact) mass is 529 g/mol. The summed E-state index contributed by atoms with van der Waals surface area (Å²) in [4.78, 5) is 43.3. The Balaban J connectivity index is 1.03. The third-order valence-corrected chi connectivity index (χ3v) is 9.78. The second-order valence-electron chi connectivity index (χ2n) is 12.3. The normalized spacial score (nSPS) is 28.2. The molecule has 7 heteroatoms. The lowest BCUT2D eigenvalue weighted by Gasteiger charge is -2.59. The van der Waals surface area contributed by atoms with Crippen molar-refractivity contribution in [3.63, 3.8) is 0 Å². The number of carbonyl (C=O) groups is 3. The van der Waals surface area contributed by atoms with Crippen LogP contribution in [-0.2, 0) is 9.53 Å². The maximum absolute atomic E-state index is 13.4. The average molecular weight is 530 g/mol. The van der Waals surface area contributed by atoms with Crippen LogP contribution in [0.4, 0.5) is 5.69 Å². The van der Waals surface area contributed by atoms with Gasteiger partial charge in [-0.3, -0.25) is 9.59 Å². The molecular weight excluding hydrogens is 490 g/mol. The first-order valence-corrected chi connectivity index (χ1v) is 14.5. The Morgan fingerprint density at radius 3 is 2.03 bits per heavy atom. The fourth-order valence-corrected chi connectivity index (χ4v) is 8.18. The van der Waals surface area contributed by atoms with Crippen LogP contribution in [0, 0.1) is 23.2 Å². The molecule has 4 aliphatic carbocycles. The van der Waals surface area contributed by atoms with Gasteiger partial charge in [-0.25, -0.2) is 4.79 Å². The maximum atomic E-state index is 13.4. The summed E-state index contributed by atoms with van der Waals surface area (Å²) in [6.45, 7) is 4.38. The number of esters is 1. The van der Waals surface area contributed by atoms with E-state index in [-0.39, 0.29) is 35.4 Å². The Labute approximate surface area is 230 Å². The van der Waals surface area contributed by atoms with Crippen molar-refractivity contribution in [1.29, 1.82) is 0 Å². The molecule has 4 bridgehead atoms. The molecule has 4 saturated carbocycles. The van der Waals surface area contributed by atoms with Gasteiger partial charge < -0.3 is 19.9 Å². The molecule has 7 rings (SSSR count). The first kappa shape index (κ1) is 25.9. The molecule has 0 spiro atoms. The predicted molar refractivity (Wildman–Crippen MR) is 149 cm³/mol. The van der Waals surface area contributed by atoms with Gasteiger partial charge in [0.2, 0.25) is 0 Å². The Kier molecular flexibility index (Phi) is 7.08. The van der Waals surface area contributed by atoms with Crippen molar-refractivity contribution in [3.8, 4) is 0 Å². The molecule has 206 valence electrons. The second-order valence-corrected chi connectivity index (χ2v) is 12.3. The topological polar surface area (TPSA) is 78.9 Å². The van der Waals surface area contributed by atoms with E-state index in [1.807, 2.05) is 18.2 Å². The zero-order valence-corrected chi connectivity index (χ0v) is 22.8. The number of nitrogens with one attached hydrogen (secondary N) is 1. The predicted octanol–water partition coefficient (Wildman–Crippen LogP) is 4.53. The third-order valence-electron chi connectivity index (χ3n) is 9.78. The summed E-state index contributed by atoms with van der Waals surface area (Å²) >= 11 is 0. The number of amides is 2. The number of hydrogen-bond donors (Lipinski definition) is 1. The van der Waals surface area contributed by atoms with E-state index in [0.717, 1.165) is 36.5 Å². The van der Waals surface area contributed by atoms with Crippen molar-refractivity contribution in [1.82, 2.24) is 10.2 Å². The minimum Gasteiger partial charge on any atom is -0.452 e. The number of hydrogen-bond acceptors (Lipinski definition) is 5. The molecule has 2 aromatic rings. The Hall–Kier alpha value is -3.35. The van der Waals surface area contributed by atoms with E-state index in [2.05, 4.69) is 29.3 Å². The Bertz CT molecular complexity index is 1190. The van der Waals surface area contributed by atoms with E-state index in [4.69, 9.17) is 4.74 Å². The molecule has 1 saturated heterocycles. The summed E-state index contributed by atoms with van der Waals surface area (Å²) in [5.74, 6) is 1.33. The van der Waals surface area contributed by atoms with Gasteiger partial charge in [-0.15, -0.1) is 0 Å². The molecule has 0 radical (unpaired) electrons. The van der Waals surface area contributed by atoms with Crippen LogP contribution >= 0.6 is 0 Å². The molecule has 7 nitrogen and oxygen atoms in total. The van der Waals surface area contributed by atoms with Gasteiger partial charge in [0, 0.05) is 37.9 Å². The van der Waals surface area contributed by atoms with E-state index in [1.54, 1.807) is 29.2 Å². The quantitative estimate of drug-likeness (QED) is 0.534. The van der Waals surface area contributed by atoms with Crippen LogP contribution in [0.2, 0.25) is 0 Å². The molecule has 2 aromatic carbocycles. The number of nitrogens with zero attached hydrogens (tertiary/aromatic N) is 2. The Morgan fingerprint density at radius 2 is 1.41 bits per heavy atom. The van der Waals surface area contributed by atoms with Crippen molar-refractivity contribution in [2.24, 2.45) is 23.2 Å². The highest BCUT2D eigenvalue weighted by Crippen LogP contribution is 2.61. The van der Waals surface area contributed by atoms with Crippen LogP contribution < -0.4 is 10.2 Å². The molecule has 0 unspecified atom stereocenters. The highest BCUT2D eigenvalue weighted by Gasteiger charge is 2.53. The van der Waals surface area contributed by atoms with Gasteiger partial charge in [0.25, 0.3) is 11.8 Å². The summed E-state index contributed by atoms with van der Waals surface area (Å²) < 4.78 is 5.43. The van der Waals surface area contributed by atoms with E-state index in [1.165, 1.54) is 38.5 Å². The largest absolute Gasteiger partial charge is 0.452 e. The minimum atomic E-state index is -0.639. The summed E-state index contributed by atoms with van der Waals surface area (Å²) in [5, 5.41) is 3.15. The highest BCUT2D eigenvalue weighted by atomic mass is 16.5. The van der Waals surface area contributed by atoms with Crippen molar-refractivity contribution < 1.29 is 19.1 Å². The van der Waals surface area contributed by atoms with Gasteiger partial charge in [0.1, 0.15) is 0 Å². The maximum Gasteiger partial charge on any atom is 0.339 e. The third kappa shape index (κ3) is 5.28. The summed E-state index contributed by atoms with van der Waals surface area (Å²) in [5.41, 5.74) is 1.86. The fraction of sp³-hybridized carbons (Fsp3) is 0.531. The lowest BCUT2D eigenvalue weighted by molar-refractivity contribution is -0.128. The van der Waals surface area contributed by atoms with Crippen LogP contribution in [0.25, 0.3) is 0 Å². The number of rotatable bonds is 7. The number of para-hydroxylation sites is 1. The van der Waals surface area contributed by atoms with Gasteiger partial charge in [-0.05, 0) is 92.9 Å². The van der Waals surface area contributed by atoms with Gasteiger partial charge >= 0.3 is 5.97 Å². The van der Waals surface area contributed by atoms with Crippen LogP contribution in [0.3, 0.4) is 0 Å². The molecule has 1 atom stereocenters. The summed E-state index contributed by atoms with van der Waals surface area (Å²) in [6, 6.07) is 17.0. The second kappa shape index (κ2) is 10.7. The van der Waals surface area contributed by atoms with Crippen molar-refractivity contribution in [3.05, 3.63) is 65.7 Å². The summed E-state index contributed by atoms with van der Waals surface area (Å²) in [6.07, 6.45) is 7.69. The van der Waals surface area contributed by atoms with Gasteiger partial charge in [0.15, 0.2) is 6.61 Å². The van der Waals surface area contributed by atoms with Crippen molar-refractivity contribution in [2.75, 3.05) is 37.7 Å². The first-order chi connectivity index (χ1) is 18.9. The zero-order chi connectivity index (χ0) is 27.0. The molecule has 1 heterocycles. The average Bonchev–Trinajstić information content (AvgIpc) is 2.95. The van der Waals surface area contributed by atoms with Gasteiger partial charge in [-0.1, -0.05) is 30.3 Å². The lowest BCUT2D eigenvalue weighted by atomic mass is 9.48. The van der Waals surface area contributed by atoms with Crippen molar-refractivity contribution in [2.45, 2.75) is 51.5 Å². The lowest BCUT2D eigenvalue weighted by Crippen LogP contribution is -2.56. The van der Waals surface area contributed by atoms with E-state index in [0.29, 0.717) is 18.7 Å². The smallest absolute Gasteiger partial charge is 0.339 e. The standard InChI is InChI=1S/C32H39N3O4/c1-22(32-18-23-15-24(19-32)17-25(16-23)20-32)33-29(36)21-39-31(38)28-10-6-5-9-27(28)30(37)35-13-11-34(12-14-35)26-7-3-2-4-8-26/h2-10,22-25H,11-21H2,1H3,(H,33,36)/t22-,23?,24?,25?,32?/m1/s1. The molecular formula is C32H39N3O4. The molecule has 39 heavy (non-hydrogen) atoms. The highest BCUT2D eigenvalue weighted by molar-refractivity contribution is 6.05. The first-order valence-electron chi connectivity index (χ1n) is 14.5. The number of ether oxygens (including phenoxy) is 1. The van der Waals surface area contributed by atoms with E-state index < -0.39 is 5.97 Å². The number of benzene rings is 2. The molecule has 1 N–H and O–H groups in total. The van der Waals surface area contributed by atoms with Crippen LogP contribution in [-0.4, -0.2) is 61.5 Å². The molecule has 0 aromatic heterocycles. The number of anilines is 1. The van der Waals surface area contributed by atoms with Gasteiger partial charge in [0.05, 0.1) is 11.1 Å². The van der Waals surface area contributed by atoms with Gasteiger partial charge in [-0.2, -0.15) is 0 Å². The number of piperazine rings is 1. The zero-order valence-electron chi connectivity index (χ0n) is 22.8. The minimum absolute atomic E-state index is 0.0699. The number of carbonyl (C=O) groups excluding carboxylic acids is 3. The van der Waals surface area contributed by atoms with Crippen molar-refractivity contribution >= 4 is 23.5 Å². The van der Waals surface area contributed by atoms with E-state index >= 15 is 0 Å². The molecule has 5 fully saturated rings. The van der Waals surface area contributed by atoms with Crippen LogP contribution in [0.5, 0.6) is 0 Å². The molecule has 5 aliphatic rings. The summed E-state index contributed by atoms with van der Waals surface area (Å²) in [7, 11) is 0.